The largest absolute Gasteiger partial charge is 0.508 e. The second kappa shape index (κ2) is 3.38. The molecule has 2 N–H and O–H groups in total. The number of nitrogens with one attached hydrogen (secondary N) is 1. The van der Waals surface area contributed by atoms with Crippen molar-refractivity contribution < 1.29 is 5.11 Å². The third kappa shape index (κ3) is 2.22. The number of aromatic hydroxyl groups is 1. The first kappa shape index (κ1) is 8.57. The molecule has 1 aromatic rings. The molecule has 0 aromatic heterocycles. The van der Waals surface area contributed by atoms with Crippen molar-refractivity contribution in [2.45, 2.75) is 25.9 Å². The minimum Gasteiger partial charge on any atom is -0.508 e. The van der Waals surface area contributed by atoms with Crippen molar-refractivity contribution in [3.05, 3.63) is 29.8 Å². The smallest absolute Gasteiger partial charge is 0.115 e. The van der Waals surface area contributed by atoms with Crippen LogP contribution in [-0.2, 0) is 6.54 Å². The molecule has 1 aliphatic rings. The molecule has 1 fully saturated rings. The van der Waals surface area contributed by atoms with E-state index in [1.165, 1.54) is 12.0 Å². The normalized spacial score (nSPS) is 25.9. The van der Waals surface area contributed by atoms with Crippen LogP contribution in [0.4, 0.5) is 0 Å². The van der Waals surface area contributed by atoms with Crippen molar-refractivity contribution >= 4 is 0 Å². The van der Waals surface area contributed by atoms with Crippen molar-refractivity contribution in [3.8, 4) is 5.75 Å². The van der Waals surface area contributed by atoms with E-state index < -0.39 is 0 Å². The van der Waals surface area contributed by atoms with Crippen LogP contribution in [0.2, 0.25) is 0 Å². The Balaban J connectivity index is 1.84. The number of benzene rings is 1. The molecule has 13 heavy (non-hydrogen) atoms. The highest BCUT2D eigenvalue weighted by Gasteiger charge is 2.31. The van der Waals surface area contributed by atoms with Gasteiger partial charge in [0.25, 0.3) is 0 Å². The van der Waals surface area contributed by atoms with Gasteiger partial charge in [-0.15, -0.1) is 0 Å². The molecule has 0 bridgehead atoms. The van der Waals surface area contributed by atoms with E-state index in [-0.39, 0.29) is 0 Å². The van der Waals surface area contributed by atoms with Gasteiger partial charge in [-0.05, 0) is 30.0 Å². The molecule has 2 atom stereocenters. The standard InChI is InChI=1S/C11H15NO/c1-8-6-11(8)12-7-9-2-4-10(13)5-3-9/h2-5,8,11-13H,6-7H2,1H3. The molecule has 1 aliphatic carbocycles. The van der Waals surface area contributed by atoms with E-state index in [4.69, 9.17) is 5.11 Å². The molecule has 2 rings (SSSR count). The van der Waals surface area contributed by atoms with Crippen molar-refractivity contribution in [3.63, 3.8) is 0 Å². The summed E-state index contributed by atoms with van der Waals surface area (Å²) in [5.74, 6) is 1.18. The molecule has 0 spiro atoms. The molecule has 2 nitrogen and oxygen atoms in total. The number of hydrogen-bond donors (Lipinski definition) is 2. The second-order valence-corrected chi connectivity index (χ2v) is 3.87. The molecule has 0 aliphatic heterocycles. The monoisotopic (exact) mass is 177 g/mol. The molecule has 0 radical (unpaired) electrons. The molecule has 2 heteroatoms. The number of phenolic OH excluding ortho intramolecular Hbond substituents is 1. The van der Waals surface area contributed by atoms with Crippen LogP contribution in [0.1, 0.15) is 18.9 Å². The van der Waals surface area contributed by atoms with Gasteiger partial charge in [-0.2, -0.15) is 0 Å². The Morgan fingerprint density at radius 3 is 2.54 bits per heavy atom. The minimum absolute atomic E-state index is 0.337. The van der Waals surface area contributed by atoms with Gasteiger partial charge in [-0.1, -0.05) is 19.1 Å². The van der Waals surface area contributed by atoms with Crippen molar-refractivity contribution in [2.75, 3.05) is 0 Å². The summed E-state index contributed by atoms with van der Waals surface area (Å²) in [5.41, 5.74) is 1.23. The summed E-state index contributed by atoms with van der Waals surface area (Å²) in [5, 5.41) is 12.5. The fraction of sp³-hybridized carbons (Fsp3) is 0.455. The zero-order valence-electron chi connectivity index (χ0n) is 7.83. The quantitative estimate of drug-likeness (QED) is 0.739. The Hall–Kier alpha value is -1.02. The Bertz CT molecular complexity index is 281. The molecule has 0 heterocycles. The van der Waals surface area contributed by atoms with Crippen molar-refractivity contribution in [1.82, 2.24) is 5.32 Å². The zero-order chi connectivity index (χ0) is 9.26. The fourth-order valence-electron chi connectivity index (χ4n) is 1.47. The summed E-state index contributed by atoms with van der Waals surface area (Å²) in [4.78, 5) is 0. The lowest BCUT2D eigenvalue weighted by Crippen LogP contribution is -2.16. The summed E-state index contributed by atoms with van der Waals surface area (Å²) in [7, 11) is 0. The predicted molar refractivity (Wildman–Crippen MR) is 52.5 cm³/mol. The lowest BCUT2D eigenvalue weighted by atomic mass is 10.2. The maximum Gasteiger partial charge on any atom is 0.115 e. The van der Waals surface area contributed by atoms with E-state index >= 15 is 0 Å². The van der Waals surface area contributed by atoms with Crippen molar-refractivity contribution in [1.29, 1.82) is 0 Å². The molecule has 0 amide bonds. The first-order valence-electron chi connectivity index (χ1n) is 4.77. The summed E-state index contributed by atoms with van der Waals surface area (Å²) < 4.78 is 0. The first-order chi connectivity index (χ1) is 6.25. The highest BCUT2D eigenvalue weighted by Crippen LogP contribution is 2.29. The van der Waals surface area contributed by atoms with Crippen LogP contribution in [0.15, 0.2) is 24.3 Å². The van der Waals surface area contributed by atoms with E-state index in [1.54, 1.807) is 12.1 Å². The predicted octanol–water partition coefficient (Wildman–Crippen LogP) is 1.89. The summed E-state index contributed by atoms with van der Waals surface area (Å²) in [6.45, 7) is 3.17. The number of rotatable bonds is 3. The molecule has 70 valence electrons. The van der Waals surface area contributed by atoms with Crippen LogP contribution in [0, 0.1) is 5.92 Å². The summed E-state index contributed by atoms with van der Waals surface area (Å²) in [6.07, 6.45) is 1.30. The maximum atomic E-state index is 9.07. The van der Waals surface area contributed by atoms with Gasteiger partial charge < -0.3 is 10.4 Å². The lowest BCUT2D eigenvalue weighted by Gasteiger charge is -2.03. The molecule has 1 saturated carbocycles. The van der Waals surface area contributed by atoms with Gasteiger partial charge in [0, 0.05) is 12.6 Å². The Labute approximate surface area is 78.6 Å². The van der Waals surface area contributed by atoms with Crippen LogP contribution < -0.4 is 5.32 Å². The average molecular weight is 177 g/mol. The average Bonchev–Trinajstić information content (AvgIpc) is 2.81. The Morgan fingerprint density at radius 1 is 1.38 bits per heavy atom. The fourth-order valence-corrected chi connectivity index (χ4v) is 1.47. The summed E-state index contributed by atoms with van der Waals surface area (Å²) in [6, 6.07) is 8.08. The highest BCUT2D eigenvalue weighted by atomic mass is 16.3. The third-order valence-corrected chi connectivity index (χ3v) is 2.61. The Kier molecular flexibility index (Phi) is 2.23. The van der Waals surface area contributed by atoms with E-state index in [2.05, 4.69) is 12.2 Å². The third-order valence-electron chi connectivity index (χ3n) is 2.61. The summed E-state index contributed by atoms with van der Waals surface area (Å²) >= 11 is 0. The SMILES string of the molecule is CC1CC1NCc1ccc(O)cc1. The number of phenols is 1. The van der Waals surface area contributed by atoms with E-state index in [0.29, 0.717) is 11.8 Å². The van der Waals surface area contributed by atoms with E-state index in [1.807, 2.05) is 12.1 Å². The minimum atomic E-state index is 0.337. The van der Waals surface area contributed by atoms with Crippen LogP contribution in [0.25, 0.3) is 0 Å². The van der Waals surface area contributed by atoms with Crippen molar-refractivity contribution in [2.24, 2.45) is 5.92 Å². The van der Waals surface area contributed by atoms with Crippen LogP contribution >= 0.6 is 0 Å². The number of hydrogen-bond acceptors (Lipinski definition) is 2. The molecular formula is C11H15NO. The molecular weight excluding hydrogens is 162 g/mol. The van der Waals surface area contributed by atoms with Crippen LogP contribution in [-0.4, -0.2) is 11.1 Å². The van der Waals surface area contributed by atoms with Gasteiger partial charge in [0.1, 0.15) is 5.75 Å². The highest BCUT2D eigenvalue weighted by molar-refractivity contribution is 5.25. The van der Waals surface area contributed by atoms with Gasteiger partial charge in [0.05, 0.1) is 0 Å². The topological polar surface area (TPSA) is 32.3 Å². The van der Waals surface area contributed by atoms with Gasteiger partial charge in [-0.3, -0.25) is 0 Å². The van der Waals surface area contributed by atoms with Gasteiger partial charge in [-0.25, -0.2) is 0 Å². The molecule has 1 aromatic carbocycles. The Morgan fingerprint density at radius 2 is 2.00 bits per heavy atom. The van der Waals surface area contributed by atoms with Gasteiger partial charge in [0.2, 0.25) is 0 Å². The van der Waals surface area contributed by atoms with Gasteiger partial charge >= 0.3 is 0 Å². The van der Waals surface area contributed by atoms with E-state index in [0.717, 1.165) is 12.5 Å². The maximum absolute atomic E-state index is 9.07. The van der Waals surface area contributed by atoms with Crippen LogP contribution in [0.3, 0.4) is 0 Å². The van der Waals surface area contributed by atoms with E-state index in [9.17, 15) is 0 Å². The lowest BCUT2D eigenvalue weighted by molar-refractivity contribution is 0.475. The molecule has 2 unspecified atom stereocenters. The first-order valence-corrected chi connectivity index (χ1v) is 4.77. The molecule has 0 saturated heterocycles. The second-order valence-electron chi connectivity index (χ2n) is 3.87. The zero-order valence-corrected chi connectivity index (χ0v) is 7.83. The van der Waals surface area contributed by atoms with Crippen LogP contribution in [0.5, 0.6) is 5.75 Å². The van der Waals surface area contributed by atoms with Gasteiger partial charge in [0.15, 0.2) is 0 Å².